The first-order valence-corrected chi connectivity index (χ1v) is 12.7. The van der Waals surface area contributed by atoms with Crippen molar-refractivity contribution in [1.29, 1.82) is 0 Å². The predicted molar refractivity (Wildman–Crippen MR) is 141 cm³/mol. The number of aliphatic hydroxyl groups excluding tert-OH is 1. The zero-order chi connectivity index (χ0) is 26.5. The summed E-state index contributed by atoms with van der Waals surface area (Å²) in [5, 5.41) is 11.2. The highest BCUT2D eigenvalue weighted by atomic mass is 19.4. The average molecular weight is 522 g/mol. The molecule has 1 N–H and O–H groups in total. The summed E-state index contributed by atoms with van der Waals surface area (Å²) in [7, 11) is 0. The maximum Gasteiger partial charge on any atom is 0.416 e. The lowest BCUT2D eigenvalue weighted by molar-refractivity contribution is -0.137. The third kappa shape index (κ3) is 6.15. The van der Waals surface area contributed by atoms with Crippen LogP contribution in [0.1, 0.15) is 22.7 Å². The van der Waals surface area contributed by atoms with Gasteiger partial charge >= 0.3 is 6.18 Å². The molecule has 5 nitrogen and oxygen atoms in total. The Morgan fingerprint density at radius 2 is 1.47 bits per heavy atom. The fourth-order valence-electron chi connectivity index (χ4n) is 5.05. The van der Waals surface area contributed by atoms with Crippen LogP contribution in [0.3, 0.4) is 0 Å². The first-order chi connectivity index (χ1) is 18.4. The second-order valence-corrected chi connectivity index (χ2v) is 9.56. The normalized spacial score (nSPS) is 16.1. The molecule has 1 fully saturated rings. The Morgan fingerprint density at radius 3 is 2.08 bits per heavy atom. The minimum absolute atomic E-state index is 0.0387. The van der Waals surface area contributed by atoms with Crippen molar-refractivity contribution in [2.75, 3.05) is 39.3 Å². The third-order valence-corrected chi connectivity index (χ3v) is 6.93. The molecule has 1 unspecified atom stereocenters. The van der Waals surface area contributed by atoms with E-state index < -0.39 is 17.8 Å². The molecule has 1 aliphatic heterocycles. The second kappa shape index (κ2) is 11.5. The number of hydrogen-bond donors (Lipinski definition) is 1. The zero-order valence-electron chi connectivity index (χ0n) is 20.9. The summed E-state index contributed by atoms with van der Waals surface area (Å²) >= 11 is 0. The minimum atomic E-state index is -4.44. The summed E-state index contributed by atoms with van der Waals surface area (Å²) in [5.41, 5.74) is 1.96. The molecule has 0 spiro atoms. The van der Waals surface area contributed by atoms with Gasteiger partial charge in [-0.2, -0.15) is 13.2 Å². The van der Waals surface area contributed by atoms with Crippen molar-refractivity contribution in [3.8, 4) is 5.75 Å². The molecule has 5 rings (SSSR count). The summed E-state index contributed by atoms with van der Waals surface area (Å²) in [6, 6.07) is 26.2. The van der Waals surface area contributed by atoms with Crippen LogP contribution in [0.2, 0.25) is 0 Å². The number of aliphatic hydroxyl groups is 1. The quantitative estimate of drug-likeness (QED) is 0.337. The lowest BCUT2D eigenvalue weighted by Crippen LogP contribution is -2.50. The molecule has 2 heterocycles. The molecule has 0 aliphatic carbocycles. The number of alkyl halides is 3. The molecule has 0 amide bonds. The molecule has 4 aromatic rings. The van der Waals surface area contributed by atoms with E-state index >= 15 is 0 Å². The lowest BCUT2D eigenvalue weighted by Gasteiger charge is -2.40. The van der Waals surface area contributed by atoms with Crippen LogP contribution in [0, 0.1) is 0 Å². The third-order valence-electron chi connectivity index (χ3n) is 6.93. The second-order valence-electron chi connectivity index (χ2n) is 9.56. The number of aromatic nitrogens is 1. The van der Waals surface area contributed by atoms with Crippen LogP contribution in [0.25, 0.3) is 10.9 Å². The Kier molecular flexibility index (Phi) is 7.93. The van der Waals surface area contributed by atoms with Gasteiger partial charge in [-0.05, 0) is 35.4 Å². The Morgan fingerprint density at radius 1 is 0.842 bits per heavy atom. The molecule has 3 aromatic carbocycles. The van der Waals surface area contributed by atoms with Crippen molar-refractivity contribution in [3.05, 3.63) is 108 Å². The van der Waals surface area contributed by atoms with Gasteiger partial charge < -0.3 is 9.84 Å². The number of hydrogen-bond acceptors (Lipinski definition) is 5. The highest BCUT2D eigenvalue weighted by molar-refractivity contribution is 5.85. The first kappa shape index (κ1) is 26.2. The van der Waals surface area contributed by atoms with E-state index in [0.717, 1.165) is 38.3 Å². The highest BCUT2D eigenvalue weighted by Crippen LogP contribution is 2.33. The maximum absolute atomic E-state index is 13.0. The van der Waals surface area contributed by atoms with E-state index in [1.165, 1.54) is 23.4 Å². The number of halogens is 3. The van der Waals surface area contributed by atoms with Crippen molar-refractivity contribution in [3.63, 3.8) is 0 Å². The molecule has 1 aliphatic rings. The van der Waals surface area contributed by atoms with E-state index in [-0.39, 0.29) is 18.2 Å². The van der Waals surface area contributed by atoms with Crippen LogP contribution >= 0.6 is 0 Å². The number of β-amino-alcohol motifs (C(OH)–C–C–N with tert-alkyl or cyclic N) is 1. The number of piperazine rings is 1. The van der Waals surface area contributed by atoms with E-state index in [1.54, 1.807) is 6.07 Å². The number of pyridine rings is 1. The molecule has 1 saturated heterocycles. The van der Waals surface area contributed by atoms with Crippen LogP contribution in [0.4, 0.5) is 13.2 Å². The van der Waals surface area contributed by atoms with E-state index in [2.05, 4.69) is 63.3 Å². The van der Waals surface area contributed by atoms with Crippen LogP contribution in [0.15, 0.2) is 91.1 Å². The molecule has 8 heteroatoms. The summed E-state index contributed by atoms with van der Waals surface area (Å²) in [4.78, 5) is 8.74. The molecule has 198 valence electrons. The van der Waals surface area contributed by atoms with Gasteiger partial charge in [-0.15, -0.1) is 0 Å². The van der Waals surface area contributed by atoms with Crippen molar-refractivity contribution in [1.82, 2.24) is 14.8 Å². The smallest absolute Gasteiger partial charge is 0.416 e. The van der Waals surface area contributed by atoms with Gasteiger partial charge in [0, 0.05) is 44.3 Å². The van der Waals surface area contributed by atoms with Crippen molar-refractivity contribution in [2.24, 2.45) is 0 Å². The van der Waals surface area contributed by atoms with E-state index in [4.69, 9.17) is 4.74 Å². The Balaban J connectivity index is 1.18. The Hall–Kier alpha value is -3.46. The SMILES string of the molecule is OC(COc1ccnc2cc(C(F)(F)F)ccc12)CN1CCN(C(c2ccccc2)c2ccccc2)CC1. The van der Waals surface area contributed by atoms with Crippen LogP contribution in [0.5, 0.6) is 5.75 Å². The summed E-state index contributed by atoms with van der Waals surface area (Å²) < 4.78 is 44.9. The van der Waals surface area contributed by atoms with Crippen molar-refractivity contribution in [2.45, 2.75) is 18.3 Å². The Bertz CT molecular complexity index is 1290. The minimum Gasteiger partial charge on any atom is -0.490 e. The van der Waals surface area contributed by atoms with Gasteiger partial charge in [-0.25, -0.2) is 0 Å². The molecule has 38 heavy (non-hydrogen) atoms. The van der Waals surface area contributed by atoms with Crippen molar-refractivity contribution >= 4 is 10.9 Å². The monoisotopic (exact) mass is 521 g/mol. The predicted octanol–water partition coefficient (Wildman–Crippen LogP) is 5.40. The maximum atomic E-state index is 13.0. The molecule has 1 aromatic heterocycles. The average Bonchev–Trinajstić information content (AvgIpc) is 2.93. The van der Waals surface area contributed by atoms with E-state index in [1.807, 2.05) is 12.1 Å². The fraction of sp³-hybridized carbons (Fsp3) is 0.300. The highest BCUT2D eigenvalue weighted by Gasteiger charge is 2.31. The lowest BCUT2D eigenvalue weighted by atomic mass is 9.96. The summed E-state index contributed by atoms with van der Waals surface area (Å²) in [6.07, 6.45) is -3.76. The standard InChI is InChI=1S/C30H30F3N3O2/c31-30(32,33)24-11-12-26-27(19-24)34-14-13-28(26)38-21-25(37)20-35-15-17-36(18-16-35)29(22-7-3-1-4-8-22)23-9-5-2-6-10-23/h1-14,19,25,29,37H,15-18,20-21H2. The van der Waals surface area contributed by atoms with Crippen LogP contribution < -0.4 is 4.74 Å². The van der Waals surface area contributed by atoms with Crippen LogP contribution in [-0.2, 0) is 6.18 Å². The van der Waals surface area contributed by atoms with Gasteiger partial charge in [-0.3, -0.25) is 14.8 Å². The van der Waals surface area contributed by atoms with Gasteiger partial charge in [0.25, 0.3) is 0 Å². The largest absolute Gasteiger partial charge is 0.490 e. The number of nitrogens with zero attached hydrogens (tertiary/aromatic N) is 3. The number of benzene rings is 3. The van der Waals surface area contributed by atoms with E-state index in [9.17, 15) is 18.3 Å². The summed E-state index contributed by atoms with van der Waals surface area (Å²) in [5.74, 6) is 0.404. The van der Waals surface area contributed by atoms with Crippen molar-refractivity contribution < 1.29 is 23.0 Å². The topological polar surface area (TPSA) is 48.8 Å². The van der Waals surface area contributed by atoms with E-state index in [0.29, 0.717) is 17.7 Å². The van der Waals surface area contributed by atoms with Gasteiger partial charge in [0.1, 0.15) is 18.5 Å². The molecule has 1 atom stereocenters. The molecule has 0 saturated carbocycles. The van der Waals surface area contributed by atoms with Gasteiger partial charge in [-0.1, -0.05) is 60.7 Å². The molecule has 0 radical (unpaired) electrons. The number of fused-ring (bicyclic) bond motifs is 1. The number of rotatable bonds is 8. The molecular formula is C30H30F3N3O2. The van der Waals surface area contributed by atoms with Crippen LogP contribution in [-0.4, -0.2) is 65.3 Å². The summed E-state index contributed by atoms with van der Waals surface area (Å²) in [6.45, 7) is 3.84. The zero-order valence-corrected chi connectivity index (χ0v) is 20.9. The van der Waals surface area contributed by atoms with Gasteiger partial charge in [0.2, 0.25) is 0 Å². The molecule has 0 bridgehead atoms. The Labute approximate surface area is 220 Å². The van der Waals surface area contributed by atoms with Gasteiger partial charge in [0.15, 0.2) is 0 Å². The number of ether oxygens (including phenoxy) is 1. The fourth-order valence-corrected chi connectivity index (χ4v) is 5.05. The van der Waals surface area contributed by atoms with Gasteiger partial charge in [0.05, 0.1) is 17.1 Å². The first-order valence-electron chi connectivity index (χ1n) is 12.7. The molecular weight excluding hydrogens is 491 g/mol.